The molecule has 0 aromatic carbocycles. The van der Waals surface area contributed by atoms with Crippen molar-refractivity contribution < 1.29 is 14.7 Å². The first kappa shape index (κ1) is 15.1. The lowest BCUT2D eigenvalue weighted by Crippen LogP contribution is -2.51. The number of carbonyl (C=O) groups is 2. The van der Waals surface area contributed by atoms with Crippen LogP contribution in [-0.2, 0) is 4.79 Å². The Bertz CT molecular complexity index is 354. The number of piperidine rings is 1. The van der Waals surface area contributed by atoms with Gasteiger partial charge in [0, 0.05) is 13.1 Å². The number of hydrogen-bond donors (Lipinski definition) is 2. The lowest BCUT2D eigenvalue weighted by molar-refractivity contribution is -0.139. The number of likely N-dealkylation sites (tertiary alicyclic amines) is 1. The molecule has 2 amide bonds. The molecule has 1 spiro atoms. The van der Waals surface area contributed by atoms with Crippen molar-refractivity contribution in [3.05, 3.63) is 0 Å². The molecule has 1 heterocycles. The second-order valence-electron chi connectivity index (χ2n) is 6.30. The molecule has 0 aromatic heterocycles. The van der Waals surface area contributed by atoms with E-state index in [-0.39, 0.29) is 6.03 Å². The van der Waals surface area contributed by atoms with Crippen LogP contribution in [0.5, 0.6) is 0 Å². The van der Waals surface area contributed by atoms with Gasteiger partial charge in [0.05, 0.1) is 0 Å². The molecule has 1 aliphatic heterocycles. The molecule has 20 heavy (non-hydrogen) atoms. The molecule has 0 aromatic rings. The van der Waals surface area contributed by atoms with E-state index in [0.29, 0.717) is 11.8 Å². The predicted octanol–water partition coefficient (Wildman–Crippen LogP) is 2.61. The summed E-state index contributed by atoms with van der Waals surface area (Å²) in [7, 11) is 0. The van der Waals surface area contributed by atoms with Crippen LogP contribution in [0.4, 0.5) is 4.79 Å². The highest BCUT2D eigenvalue weighted by atomic mass is 16.4. The van der Waals surface area contributed by atoms with Crippen molar-refractivity contribution >= 4 is 12.0 Å². The van der Waals surface area contributed by atoms with Crippen molar-refractivity contribution in [2.24, 2.45) is 5.41 Å². The molecule has 1 unspecified atom stereocenters. The zero-order valence-electron chi connectivity index (χ0n) is 12.4. The van der Waals surface area contributed by atoms with Crippen molar-refractivity contribution in [2.45, 2.75) is 64.3 Å². The summed E-state index contributed by atoms with van der Waals surface area (Å²) in [5, 5.41) is 11.6. The first-order valence-electron chi connectivity index (χ1n) is 7.84. The van der Waals surface area contributed by atoms with Gasteiger partial charge in [-0.25, -0.2) is 9.59 Å². The van der Waals surface area contributed by atoms with Gasteiger partial charge in [0.25, 0.3) is 0 Å². The van der Waals surface area contributed by atoms with Gasteiger partial charge < -0.3 is 15.3 Å². The van der Waals surface area contributed by atoms with E-state index in [1.165, 1.54) is 32.1 Å². The van der Waals surface area contributed by atoms with Crippen LogP contribution in [0.3, 0.4) is 0 Å². The third kappa shape index (κ3) is 3.44. The molecule has 2 fully saturated rings. The second-order valence-corrected chi connectivity index (χ2v) is 6.30. The van der Waals surface area contributed by atoms with E-state index < -0.39 is 12.0 Å². The van der Waals surface area contributed by atoms with Crippen LogP contribution in [-0.4, -0.2) is 41.1 Å². The Kier molecular flexibility index (Phi) is 4.89. The Morgan fingerprint density at radius 1 is 1.15 bits per heavy atom. The molecule has 0 bridgehead atoms. The highest BCUT2D eigenvalue weighted by molar-refractivity contribution is 5.82. The summed E-state index contributed by atoms with van der Waals surface area (Å²) in [6.45, 7) is 3.30. The number of hydrogen-bond acceptors (Lipinski definition) is 2. The van der Waals surface area contributed by atoms with E-state index >= 15 is 0 Å². The van der Waals surface area contributed by atoms with Crippen LogP contribution in [0.1, 0.15) is 58.3 Å². The van der Waals surface area contributed by atoms with Crippen molar-refractivity contribution in [1.82, 2.24) is 10.2 Å². The van der Waals surface area contributed by atoms with Crippen molar-refractivity contribution in [2.75, 3.05) is 13.1 Å². The van der Waals surface area contributed by atoms with Gasteiger partial charge in [-0.15, -0.1) is 0 Å². The number of carbonyl (C=O) groups excluding carboxylic acids is 1. The largest absolute Gasteiger partial charge is 0.480 e. The highest BCUT2D eigenvalue weighted by Crippen LogP contribution is 2.44. The summed E-state index contributed by atoms with van der Waals surface area (Å²) in [6.07, 6.45) is 9.16. The summed E-state index contributed by atoms with van der Waals surface area (Å²) in [5.41, 5.74) is 0.464. The third-order valence-corrected chi connectivity index (χ3v) is 5.03. The topological polar surface area (TPSA) is 69.6 Å². The van der Waals surface area contributed by atoms with Crippen molar-refractivity contribution in [3.63, 3.8) is 0 Å². The van der Waals surface area contributed by atoms with E-state index in [2.05, 4.69) is 5.32 Å². The normalized spacial score (nSPS) is 23.4. The number of nitrogens with zero attached hydrogens (tertiary/aromatic N) is 1. The molecule has 0 radical (unpaired) electrons. The molecule has 1 saturated carbocycles. The van der Waals surface area contributed by atoms with E-state index in [9.17, 15) is 9.59 Å². The Labute approximate surface area is 120 Å². The number of carboxylic acid groups (broad SMARTS) is 1. The molecule has 2 rings (SSSR count). The predicted molar refractivity (Wildman–Crippen MR) is 76.6 cm³/mol. The van der Waals surface area contributed by atoms with Crippen molar-refractivity contribution in [3.8, 4) is 0 Å². The fourth-order valence-corrected chi connectivity index (χ4v) is 3.56. The fraction of sp³-hybridized carbons (Fsp3) is 0.867. The summed E-state index contributed by atoms with van der Waals surface area (Å²) < 4.78 is 0. The first-order valence-corrected chi connectivity index (χ1v) is 7.84. The molecule has 1 atom stereocenters. The van der Waals surface area contributed by atoms with Gasteiger partial charge in [-0.3, -0.25) is 0 Å². The first-order chi connectivity index (χ1) is 9.56. The van der Waals surface area contributed by atoms with Gasteiger partial charge >= 0.3 is 12.0 Å². The van der Waals surface area contributed by atoms with E-state index in [1.54, 1.807) is 11.8 Å². The minimum atomic E-state index is -0.957. The van der Waals surface area contributed by atoms with E-state index in [0.717, 1.165) is 25.9 Å². The lowest BCUT2D eigenvalue weighted by atomic mass is 9.68. The minimum absolute atomic E-state index is 0.218. The molecular weight excluding hydrogens is 256 g/mol. The molecule has 1 saturated heterocycles. The molecule has 1 aliphatic carbocycles. The summed E-state index contributed by atoms with van der Waals surface area (Å²) in [5.74, 6) is -0.957. The quantitative estimate of drug-likeness (QED) is 0.836. The smallest absolute Gasteiger partial charge is 0.326 e. The zero-order valence-corrected chi connectivity index (χ0v) is 12.4. The molecule has 2 N–H and O–H groups in total. The van der Waals surface area contributed by atoms with Crippen LogP contribution in [0.2, 0.25) is 0 Å². The minimum Gasteiger partial charge on any atom is -0.480 e. The monoisotopic (exact) mass is 282 g/mol. The number of amides is 2. The van der Waals surface area contributed by atoms with Gasteiger partial charge in [0.15, 0.2) is 0 Å². The third-order valence-electron chi connectivity index (χ3n) is 5.03. The maximum atomic E-state index is 12.1. The second kappa shape index (κ2) is 6.46. The fourth-order valence-electron chi connectivity index (χ4n) is 3.56. The standard InChI is InChI=1S/C15H26N2O3/c1-2-12(13(18)19)16-14(20)17-10-8-15(9-11-17)6-4-3-5-7-15/h12H,2-11H2,1H3,(H,16,20)(H,18,19). The van der Waals surface area contributed by atoms with Crippen LogP contribution in [0.15, 0.2) is 0 Å². The van der Waals surface area contributed by atoms with Gasteiger partial charge in [0.1, 0.15) is 6.04 Å². The Morgan fingerprint density at radius 3 is 2.25 bits per heavy atom. The van der Waals surface area contributed by atoms with E-state index in [4.69, 9.17) is 5.11 Å². The number of nitrogens with one attached hydrogen (secondary N) is 1. The van der Waals surface area contributed by atoms with Crippen LogP contribution in [0, 0.1) is 5.41 Å². The number of carboxylic acids is 1. The van der Waals surface area contributed by atoms with Gasteiger partial charge in [-0.2, -0.15) is 0 Å². The molecule has 5 heteroatoms. The maximum Gasteiger partial charge on any atom is 0.326 e. The molecule has 114 valence electrons. The van der Waals surface area contributed by atoms with E-state index in [1.807, 2.05) is 0 Å². The molecule has 5 nitrogen and oxygen atoms in total. The van der Waals surface area contributed by atoms with Gasteiger partial charge in [0.2, 0.25) is 0 Å². The summed E-state index contributed by atoms with van der Waals surface area (Å²) in [6, 6.07) is -0.988. The van der Waals surface area contributed by atoms with Gasteiger partial charge in [-0.1, -0.05) is 26.2 Å². The highest BCUT2D eigenvalue weighted by Gasteiger charge is 2.37. The molecule has 2 aliphatic rings. The maximum absolute atomic E-state index is 12.1. The lowest BCUT2D eigenvalue weighted by Gasteiger charge is -2.44. The van der Waals surface area contributed by atoms with Crippen LogP contribution < -0.4 is 5.32 Å². The van der Waals surface area contributed by atoms with Crippen molar-refractivity contribution in [1.29, 1.82) is 0 Å². The average Bonchev–Trinajstić information content (AvgIpc) is 2.46. The van der Waals surface area contributed by atoms with Crippen LogP contribution >= 0.6 is 0 Å². The Balaban J connectivity index is 1.83. The Hall–Kier alpha value is -1.26. The van der Waals surface area contributed by atoms with Gasteiger partial charge in [-0.05, 0) is 37.5 Å². The summed E-state index contributed by atoms with van der Waals surface area (Å²) in [4.78, 5) is 24.8. The SMILES string of the molecule is CCC(NC(=O)N1CCC2(CCCCC2)CC1)C(=O)O. The molecular formula is C15H26N2O3. The number of urea groups is 1. The van der Waals surface area contributed by atoms with Crippen LogP contribution in [0.25, 0.3) is 0 Å². The number of rotatable bonds is 3. The summed E-state index contributed by atoms with van der Waals surface area (Å²) >= 11 is 0. The Morgan fingerprint density at radius 2 is 1.75 bits per heavy atom. The average molecular weight is 282 g/mol. The number of aliphatic carboxylic acids is 1. The zero-order chi connectivity index (χ0) is 14.6.